The van der Waals surface area contributed by atoms with Gasteiger partial charge in [-0.15, -0.1) is 0 Å². The van der Waals surface area contributed by atoms with Crippen molar-refractivity contribution in [1.29, 1.82) is 0 Å². The first-order chi connectivity index (χ1) is 17.9. The molecule has 1 fully saturated rings. The molecule has 0 aromatic heterocycles. The zero-order valence-electron chi connectivity index (χ0n) is 26.4. The maximum atomic E-state index is 14.8. The monoisotopic (exact) mass is 584 g/mol. The smallest absolute Gasteiger partial charge is 0.192 e. The Bertz CT molecular complexity index is 1120. The first kappa shape index (κ1) is 32.3. The van der Waals surface area contributed by atoms with Crippen LogP contribution in [0.3, 0.4) is 0 Å². The maximum absolute atomic E-state index is 14.8. The largest absolute Gasteiger partial charge is 0.414 e. The van der Waals surface area contributed by atoms with Gasteiger partial charge in [0.25, 0.3) is 0 Å². The quantitative estimate of drug-likeness (QED) is 0.176. The SMILES string of the molecule is CC1/C(=C\CP(=O)(c2ccccc2)c2ccccc2)CC(O[Si](C)(C)C(C)(C)C)C[C@@H]1O[Si](C)(C)C(C)(C)C. The van der Waals surface area contributed by atoms with E-state index in [9.17, 15) is 4.57 Å². The summed E-state index contributed by atoms with van der Waals surface area (Å²) in [6.45, 7) is 25.5. The van der Waals surface area contributed by atoms with Crippen molar-refractivity contribution in [3.05, 3.63) is 72.3 Å². The minimum absolute atomic E-state index is 0.105. The lowest BCUT2D eigenvalue weighted by molar-refractivity contribution is 0.0453. The minimum Gasteiger partial charge on any atom is -0.414 e. The van der Waals surface area contributed by atoms with Crippen LogP contribution in [-0.2, 0) is 13.4 Å². The summed E-state index contributed by atoms with van der Waals surface area (Å²) in [4.78, 5) is 0. The maximum Gasteiger partial charge on any atom is 0.192 e. The van der Waals surface area contributed by atoms with Crippen LogP contribution in [0.5, 0.6) is 0 Å². The summed E-state index contributed by atoms with van der Waals surface area (Å²) in [6.07, 6.45) is 4.83. The molecule has 0 spiro atoms. The summed E-state index contributed by atoms with van der Waals surface area (Å²) < 4.78 is 28.9. The van der Waals surface area contributed by atoms with Gasteiger partial charge in [-0.05, 0) is 49.1 Å². The average Bonchev–Trinajstić information content (AvgIpc) is 2.84. The Morgan fingerprint density at radius 3 is 1.67 bits per heavy atom. The highest BCUT2D eigenvalue weighted by molar-refractivity contribution is 7.78. The van der Waals surface area contributed by atoms with Crippen molar-refractivity contribution in [3.63, 3.8) is 0 Å². The van der Waals surface area contributed by atoms with Gasteiger partial charge in [0.1, 0.15) is 7.14 Å². The van der Waals surface area contributed by atoms with Gasteiger partial charge in [-0.25, -0.2) is 0 Å². The van der Waals surface area contributed by atoms with Gasteiger partial charge >= 0.3 is 0 Å². The zero-order chi connectivity index (χ0) is 29.3. The molecule has 2 aromatic carbocycles. The average molecular weight is 585 g/mol. The van der Waals surface area contributed by atoms with E-state index in [1.165, 1.54) is 5.57 Å². The molecule has 0 saturated heterocycles. The highest BCUT2D eigenvalue weighted by Crippen LogP contribution is 2.47. The molecule has 1 aliphatic carbocycles. The summed E-state index contributed by atoms with van der Waals surface area (Å²) in [5.74, 6) is 0.262. The second-order valence-corrected chi connectivity index (χ2v) is 26.9. The first-order valence-corrected chi connectivity index (χ1v) is 22.3. The van der Waals surface area contributed by atoms with Gasteiger partial charge in [-0.3, -0.25) is 0 Å². The third kappa shape index (κ3) is 7.54. The molecule has 2 aromatic rings. The van der Waals surface area contributed by atoms with Gasteiger partial charge in [0, 0.05) is 22.7 Å². The Morgan fingerprint density at radius 2 is 1.23 bits per heavy atom. The van der Waals surface area contributed by atoms with Gasteiger partial charge in [0.05, 0.1) is 12.2 Å². The molecular weight excluding hydrogens is 532 g/mol. The lowest BCUT2D eigenvalue weighted by Crippen LogP contribution is -2.50. The molecule has 0 aliphatic heterocycles. The van der Waals surface area contributed by atoms with Crippen molar-refractivity contribution >= 4 is 34.4 Å². The molecule has 1 saturated carbocycles. The van der Waals surface area contributed by atoms with Crippen molar-refractivity contribution < 1.29 is 13.4 Å². The lowest BCUT2D eigenvalue weighted by atomic mass is 9.81. The van der Waals surface area contributed by atoms with Crippen LogP contribution >= 0.6 is 7.14 Å². The van der Waals surface area contributed by atoms with Gasteiger partial charge in [0.15, 0.2) is 16.6 Å². The predicted octanol–water partition coefficient (Wildman–Crippen LogP) is 9.14. The normalized spacial score (nSPS) is 22.7. The molecule has 0 N–H and O–H groups in total. The highest BCUT2D eigenvalue weighted by atomic mass is 31.2. The molecule has 39 heavy (non-hydrogen) atoms. The van der Waals surface area contributed by atoms with Gasteiger partial charge in [-0.2, -0.15) is 0 Å². The molecule has 216 valence electrons. The predicted molar refractivity (Wildman–Crippen MR) is 175 cm³/mol. The highest BCUT2D eigenvalue weighted by Gasteiger charge is 2.45. The molecule has 3 atom stereocenters. The van der Waals surface area contributed by atoms with E-state index in [0.29, 0.717) is 6.16 Å². The number of hydrogen-bond donors (Lipinski definition) is 0. The fourth-order valence-corrected chi connectivity index (χ4v) is 10.1. The third-order valence-corrected chi connectivity index (χ3v) is 21.6. The molecule has 1 aliphatic rings. The number of benzene rings is 2. The van der Waals surface area contributed by atoms with Crippen LogP contribution in [0.15, 0.2) is 72.3 Å². The second kappa shape index (κ2) is 11.9. The minimum atomic E-state index is -2.83. The Kier molecular flexibility index (Phi) is 9.88. The van der Waals surface area contributed by atoms with Crippen LogP contribution < -0.4 is 10.6 Å². The summed E-state index contributed by atoms with van der Waals surface area (Å²) in [7, 11) is -6.77. The lowest BCUT2D eigenvalue weighted by Gasteiger charge is -2.47. The van der Waals surface area contributed by atoms with Crippen molar-refractivity contribution in [1.82, 2.24) is 0 Å². The van der Waals surface area contributed by atoms with Crippen LogP contribution in [0, 0.1) is 5.92 Å². The van der Waals surface area contributed by atoms with Crippen LogP contribution in [0.1, 0.15) is 61.3 Å². The van der Waals surface area contributed by atoms with E-state index in [4.69, 9.17) is 8.85 Å². The van der Waals surface area contributed by atoms with Crippen LogP contribution in [0.4, 0.5) is 0 Å². The molecule has 0 bridgehead atoms. The summed E-state index contributed by atoms with van der Waals surface area (Å²) >= 11 is 0. The Balaban J connectivity index is 2.01. The zero-order valence-corrected chi connectivity index (χ0v) is 29.3. The van der Waals surface area contributed by atoms with Crippen molar-refractivity contribution in [2.24, 2.45) is 5.92 Å². The van der Waals surface area contributed by atoms with Gasteiger partial charge in [-0.1, -0.05) is 121 Å². The summed E-state index contributed by atoms with van der Waals surface area (Å²) in [5.41, 5.74) is 1.33. The molecule has 2 unspecified atom stereocenters. The van der Waals surface area contributed by atoms with Gasteiger partial charge in [0.2, 0.25) is 0 Å². The standard InChI is InChI=1S/C33H53O3PSi2/c1-26-27(22-23-37(34,29-18-14-12-15-19-29)30-20-16-13-17-21-30)24-28(35-38(8,9)32(2,3)4)25-31(26)36-39(10,11)33(5,6)7/h12-22,26,28,31H,23-25H2,1-11H3/b27-22-/t26?,28?,31-/m0/s1. The molecule has 0 radical (unpaired) electrons. The van der Waals surface area contributed by atoms with Crippen LogP contribution in [0.25, 0.3) is 0 Å². The second-order valence-electron chi connectivity index (χ2n) is 14.5. The van der Waals surface area contributed by atoms with Crippen molar-refractivity contribution in [3.8, 4) is 0 Å². The number of rotatable bonds is 8. The molecule has 0 heterocycles. The number of allylic oxidation sites excluding steroid dienone is 1. The first-order valence-electron chi connectivity index (χ1n) is 14.6. The van der Waals surface area contributed by atoms with Crippen molar-refractivity contribution in [2.45, 2.75) is 110 Å². The summed E-state index contributed by atoms with van der Waals surface area (Å²) in [5, 5.41) is 2.12. The third-order valence-electron chi connectivity index (χ3n) is 9.58. The molecule has 0 amide bonds. The topological polar surface area (TPSA) is 35.5 Å². The fourth-order valence-electron chi connectivity index (χ4n) is 4.84. The molecule has 3 rings (SSSR count). The summed E-state index contributed by atoms with van der Waals surface area (Å²) in [6, 6.07) is 20.0. The van der Waals surface area contributed by atoms with Gasteiger partial charge < -0.3 is 13.4 Å². The van der Waals surface area contributed by atoms with Crippen molar-refractivity contribution in [2.75, 3.05) is 6.16 Å². The van der Waals surface area contributed by atoms with E-state index in [2.05, 4.69) is 80.7 Å². The number of hydrogen-bond acceptors (Lipinski definition) is 3. The fraction of sp³-hybridized carbons (Fsp3) is 0.576. The Labute approximate surface area is 241 Å². The Morgan fingerprint density at radius 1 is 0.795 bits per heavy atom. The van der Waals surface area contributed by atoms with E-state index in [1.54, 1.807) is 0 Å². The van der Waals surface area contributed by atoms with E-state index >= 15 is 0 Å². The molecule has 6 heteroatoms. The van der Waals surface area contributed by atoms with E-state index < -0.39 is 23.8 Å². The van der Waals surface area contributed by atoms with E-state index in [-0.39, 0.29) is 28.2 Å². The van der Waals surface area contributed by atoms with Crippen LogP contribution in [0.2, 0.25) is 36.3 Å². The Hall–Kier alpha value is -1.24. The van der Waals surface area contributed by atoms with Crippen LogP contribution in [-0.4, -0.2) is 35.0 Å². The van der Waals surface area contributed by atoms with E-state index in [1.807, 2.05) is 60.7 Å². The molecule has 3 nitrogen and oxygen atoms in total. The molecular formula is C33H53O3PSi2. The van der Waals surface area contributed by atoms with E-state index in [0.717, 1.165) is 23.5 Å².